The highest BCUT2D eigenvalue weighted by molar-refractivity contribution is 7.93. The number of nitrogens with one attached hydrogen (secondary N) is 2. The zero-order valence-electron chi connectivity index (χ0n) is 28.8. The number of anilines is 2. The minimum absolute atomic E-state index is 0.00463. The summed E-state index contributed by atoms with van der Waals surface area (Å²) in [4.78, 5) is 23.4. The molecule has 2 heterocycles. The summed E-state index contributed by atoms with van der Waals surface area (Å²) in [6.45, 7) is -0.873. The number of amides is 1. The Hall–Kier alpha value is -6.41. The molecule has 0 radical (unpaired) electrons. The number of carbonyl (C=O) groups excluding carboxylic acids is 1. The predicted octanol–water partition coefficient (Wildman–Crippen LogP) is 7.11. The minimum atomic E-state index is -4.59. The molecule has 20 heteroatoms. The number of benzene rings is 4. The van der Waals surface area contributed by atoms with Crippen LogP contribution in [-0.2, 0) is 37.6 Å². The molecule has 0 saturated carbocycles. The van der Waals surface area contributed by atoms with E-state index in [-0.39, 0.29) is 39.8 Å². The lowest BCUT2D eigenvalue weighted by Gasteiger charge is -2.24. The van der Waals surface area contributed by atoms with E-state index in [1.807, 2.05) is 0 Å². The lowest BCUT2D eigenvalue weighted by Crippen LogP contribution is -2.40. The van der Waals surface area contributed by atoms with Gasteiger partial charge in [0.2, 0.25) is 5.91 Å². The zero-order chi connectivity index (χ0) is 41.4. The Bertz CT molecular complexity index is 2550. The molecule has 0 saturated heterocycles. The summed E-state index contributed by atoms with van der Waals surface area (Å²) < 4.78 is 144. The molecule has 57 heavy (non-hydrogen) atoms. The number of carbonyl (C=O) groups is 1. The molecule has 0 atom stereocenters. The summed E-state index contributed by atoms with van der Waals surface area (Å²) in [5.41, 5.74) is -0.0835. The molecule has 6 rings (SSSR count). The Kier molecular flexibility index (Phi) is 12.9. The van der Waals surface area contributed by atoms with E-state index in [1.54, 1.807) is 0 Å². The van der Waals surface area contributed by atoms with Gasteiger partial charge in [-0.3, -0.25) is 18.8 Å². The van der Waals surface area contributed by atoms with Crippen molar-refractivity contribution in [2.45, 2.75) is 22.5 Å². The second-order valence-corrected chi connectivity index (χ2v) is 15.1. The van der Waals surface area contributed by atoms with Crippen molar-refractivity contribution in [3.8, 4) is 11.3 Å². The lowest BCUT2D eigenvalue weighted by atomic mass is 10.1. The van der Waals surface area contributed by atoms with E-state index in [0.29, 0.717) is 0 Å². The van der Waals surface area contributed by atoms with Gasteiger partial charge in [-0.15, -0.1) is 0 Å². The molecule has 0 unspecified atom stereocenters. The van der Waals surface area contributed by atoms with Crippen molar-refractivity contribution in [1.82, 2.24) is 20.3 Å². The molecule has 0 bridgehead atoms. The molecule has 4 aromatic carbocycles. The fraction of sp³-hybridized carbons (Fsp3) is 0.0811. The van der Waals surface area contributed by atoms with Gasteiger partial charge in [-0.05, 0) is 103 Å². The van der Waals surface area contributed by atoms with Crippen LogP contribution in [0.5, 0.6) is 0 Å². The lowest BCUT2D eigenvalue weighted by molar-refractivity contribution is -0.141. The molecule has 0 aliphatic rings. The molecule has 0 spiro atoms. The van der Waals surface area contributed by atoms with E-state index in [9.17, 15) is 52.4 Å². The Morgan fingerprint density at radius 3 is 1.88 bits per heavy atom. The predicted molar refractivity (Wildman–Crippen MR) is 193 cm³/mol. The average molecular weight is 833 g/mol. The number of rotatable bonds is 11. The maximum Gasteiger partial charge on any atom is 0.433 e. The van der Waals surface area contributed by atoms with Crippen molar-refractivity contribution in [2.24, 2.45) is 0 Å². The van der Waals surface area contributed by atoms with Crippen LogP contribution in [0.1, 0.15) is 11.4 Å². The highest BCUT2D eigenvalue weighted by Gasteiger charge is 2.32. The monoisotopic (exact) mass is 832 g/mol. The van der Waals surface area contributed by atoms with Crippen molar-refractivity contribution >= 4 is 37.3 Å². The summed E-state index contributed by atoms with van der Waals surface area (Å²) in [6.07, 6.45) is -2.43. The van der Waals surface area contributed by atoms with Gasteiger partial charge in [0, 0.05) is 17.4 Å². The number of hydrogen-bond acceptors (Lipinski definition) is 8. The number of aromatic nitrogens is 3. The van der Waals surface area contributed by atoms with Crippen LogP contribution < -0.4 is 14.3 Å². The zero-order valence-corrected chi connectivity index (χ0v) is 30.5. The van der Waals surface area contributed by atoms with Gasteiger partial charge < -0.3 is 5.32 Å². The summed E-state index contributed by atoms with van der Waals surface area (Å²) in [5.74, 6) is -3.35. The number of sulfonamides is 2. The fourth-order valence-corrected chi connectivity index (χ4v) is 7.35. The Balaban J connectivity index is 0.000000287. The maximum absolute atomic E-state index is 13.5. The van der Waals surface area contributed by atoms with Gasteiger partial charge in [-0.25, -0.2) is 44.4 Å². The van der Waals surface area contributed by atoms with Crippen molar-refractivity contribution in [3.05, 3.63) is 162 Å². The molecule has 2 N–H and O–H groups in total. The minimum Gasteiger partial charge on any atom is -0.349 e. The molecule has 11 nitrogen and oxygen atoms in total. The van der Waals surface area contributed by atoms with E-state index in [0.717, 1.165) is 83.6 Å². The van der Waals surface area contributed by atoms with Crippen LogP contribution in [0, 0.1) is 23.3 Å². The van der Waals surface area contributed by atoms with Gasteiger partial charge in [0.15, 0.2) is 0 Å². The van der Waals surface area contributed by atoms with E-state index in [4.69, 9.17) is 0 Å². The maximum atomic E-state index is 13.5. The van der Waals surface area contributed by atoms with Crippen LogP contribution in [-0.4, -0.2) is 44.2 Å². The average Bonchev–Trinajstić information content (AvgIpc) is 3.18. The molecule has 0 aliphatic heterocycles. The first-order valence-electron chi connectivity index (χ1n) is 16.1. The number of hydrogen-bond donors (Lipinski definition) is 2. The Morgan fingerprint density at radius 2 is 1.30 bits per heavy atom. The quantitative estimate of drug-likeness (QED) is 0.131. The van der Waals surface area contributed by atoms with Crippen LogP contribution in [0.2, 0.25) is 0 Å². The molecule has 0 aliphatic carbocycles. The van der Waals surface area contributed by atoms with Crippen LogP contribution >= 0.6 is 0 Å². The Labute approximate surface area is 321 Å². The second-order valence-electron chi connectivity index (χ2n) is 11.6. The largest absolute Gasteiger partial charge is 0.433 e. The molecule has 0 fully saturated rings. The third kappa shape index (κ3) is 11.1. The van der Waals surface area contributed by atoms with Crippen molar-refractivity contribution in [2.75, 3.05) is 15.6 Å². The highest BCUT2D eigenvalue weighted by Crippen LogP contribution is 2.29. The molecular formula is C37H27F7N6O5S2. The van der Waals surface area contributed by atoms with E-state index in [1.165, 1.54) is 48.5 Å². The third-order valence-electron chi connectivity index (χ3n) is 7.57. The van der Waals surface area contributed by atoms with Crippen molar-refractivity contribution in [1.29, 1.82) is 0 Å². The summed E-state index contributed by atoms with van der Waals surface area (Å²) in [6, 6.07) is 21.6. The van der Waals surface area contributed by atoms with E-state index in [2.05, 4.69) is 25.0 Å². The number of nitrogens with zero attached hydrogens (tertiary/aromatic N) is 4. The first kappa shape index (κ1) is 41.7. The molecule has 296 valence electrons. The standard InChI is InChI=1S/C25H18F5N5O3S.C12H9F2NO2S/c26-17-2-6-20(7-3-17)35(39(37,38)21-8-4-18(27)5-9-21)14-24(36)32-13-19-11-22(34-15-33-19)16-1-10-23(31-12-16)25(28,29)30;13-9-5-7-10(8-6-9)15-18(16,17)12-4-2-1-3-11(12)14/h1-12,15H,13-14H2,(H,32,36);1-8,15H. The smallest absolute Gasteiger partial charge is 0.349 e. The number of alkyl halides is 3. The van der Waals surface area contributed by atoms with Gasteiger partial charge in [0.25, 0.3) is 20.0 Å². The summed E-state index contributed by atoms with van der Waals surface area (Å²) in [5, 5.41) is 2.52. The third-order valence-corrected chi connectivity index (χ3v) is 10.8. The normalized spacial score (nSPS) is 11.6. The summed E-state index contributed by atoms with van der Waals surface area (Å²) >= 11 is 0. The second kappa shape index (κ2) is 17.6. The van der Waals surface area contributed by atoms with Gasteiger partial charge >= 0.3 is 6.18 Å². The number of halogens is 7. The van der Waals surface area contributed by atoms with Crippen molar-refractivity contribution < 1.29 is 52.4 Å². The molecular weight excluding hydrogens is 806 g/mol. The first-order chi connectivity index (χ1) is 26.9. The van der Waals surface area contributed by atoms with Gasteiger partial charge in [-0.1, -0.05) is 12.1 Å². The fourth-order valence-electron chi connectivity index (χ4n) is 4.79. The molecule has 2 aromatic heterocycles. The van der Waals surface area contributed by atoms with Gasteiger partial charge in [0.05, 0.1) is 28.5 Å². The highest BCUT2D eigenvalue weighted by atomic mass is 32.2. The van der Waals surface area contributed by atoms with Crippen LogP contribution in [0.15, 0.2) is 138 Å². The Morgan fingerprint density at radius 1 is 0.702 bits per heavy atom. The SMILES string of the molecule is O=C(CN(c1ccc(F)cc1)S(=O)(=O)c1ccc(F)cc1)NCc1cc(-c2ccc(C(F)(F)F)nc2)ncn1.O=S(=O)(Nc1ccc(F)cc1)c1ccccc1F. The number of pyridine rings is 1. The van der Waals surface area contributed by atoms with Crippen molar-refractivity contribution in [3.63, 3.8) is 0 Å². The van der Waals surface area contributed by atoms with E-state index < -0.39 is 72.5 Å². The van der Waals surface area contributed by atoms with Gasteiger partial charge in [0.1, 0.15) is 46.7 Å². The van der Waals surface area contributed by atoms with Gasteiger partial charge in [-0.2, -0.15) is 13.2 Å². The van der Waals surface area contributed by atoms with Crippen LogP contribution in [0.25, 0.3) is 11.3 Å². The molecule has 1 amide bonds. The first-order valence-corrected chi connectivity index (χ1v) is 19.0. The van der Waals surface area contributed by atoms with E-state index >= 15 is 0 Å². The van der Waals surface area contributed by atoms with Crippen LogP contribution in [0.3, 0.4) is 0 Å². The topological polar surface area (TPSA) is 151 Å². The summed E-state index contributed by atoms with van der Waals surface area (Å²) in [7, 11) is -8.35. The van der Waals surface area contributed by atoms with Crippen LogP contribution in [0.4, 0.5) is 42.1 Å². The molecule has 6 aromatic rings.